The molecule has 0 saturated heterocycles. The second-order valence-corrected chi connectivity index (χ2v) is 4.20. The van der Waals surface area contributed by atoms with Gasteiger partial charge >= 0.3 is 0 Å². The Morgan fingerprint density at radius 1 is 1.44 bits per heavy atom. The van der Waals surface area contributed by atoms with Gasteiger partial charge in [0.15, 0.2) is 0 Å². The summed E-state index contributed by atoms with van der Waals surface area (Å²) in [5.41, 5.74) is 1.27. The van der Waals surface area contributed by atoms with E-state index in [0.717, 1.165) is 5.69 Å². The molecule has 18 heavy (non-hydrogen) atoms. The van der Waals surface area contributed by atoms with Crippen molar-refractivity contribution in [3.8, 4) is 0 Å². The second kappa shape index (κ2) is 5.18. The van der Waals surface area contributed by atoms with Crippen molar-refractivity contribution < 1.29 is 9.18 Å². The predicted molar refractivity (Wildman–Crippen MR) is 67.0 cm³/mol. The molecule has 94 valence electrons. The molecule has 2 rings (SSSR count). The van der Waals surface area contributed by atoms with Crippen LogP contribution in [0, 0.1) is 12.7 Å². The third-order valence-corrected chi connectivity index (χ3v) is 2.84. The smallest absolute Gasteiger partial charge is 0.246 e. The number of aromatic nitrogens is 2. The Balaban J connectivity index is 2.01. The number of nitrogens with one attached hydrogen (secondary N) is 1. The van der Waals surface area contributed by atoms with Crippen molar-refractivity contribution >= 4 is 23.2 Å². The minimum absolute atomic E-state index is 0.0654. The number of benzene rings is 1. The molecule has 0 spiro atoms. The zero-order valence-corrected chi connectivity index (χ0v) is 10.4. The van der Waals surface area contributed by atoms with Crippen LogP contribution in [0.4, 0.5) is 10.1 Å². The van der Waals surface area contributed by atoms with Crippen molar-refractivity contribution in [3.05, 3.63) is 47.0 Å². The molecule has 0 atom stereocenters. The van der Waals surface area contributed by atoms with E-state index in [4.69, 9.17) is 11.6 Å². The number of carbonyl (C=O) groups excluding carboxylic acids is 1. The van der Waals surface area contributed by atoms with Crippen LogP contribution in [0.1, 0.15) is 5.69 Å². The second-order valence-electron chi connectivity index (χ2n) is 3.79. The van der Waals surface area contributed by atoms with E-state index in [1.54, 1.807) is 6.92 Å². The lowest BCUT2D eigenvalue weighted by Gasteiger charge is -2.06. The summed E-state index contributed by atoms with van der Waals surface area (Å²) in [5, 5.41) is 7.14. The van der Waals surface area contributed by atoms with Crippen molar-refractivity contribution in [3.63, 3.8) is 0 Å². The number of anilines is 1. The summed E-state index contributed by atoms with van der Waals surface area (Å²) in [6.07, 6.45) is 1.49. The fraction of sp³-hybridized carbons (Fsp3) is 0.167. The number of rotatable bonds is 3. The fourth-order valence-corrected chi connectivity index (χ4v) is 1.59. The SMILES string of the molecule is Cc1c(Cl)cnn1CC(=O)Nc1ccc(F)cc1. The molecule has 0 radical (unpaired) electrons. The van der Waals surface area contributed by atoms with Gasteiger partial charge in [0.1, 0.15) is 12.4 Å². The van der Waals surface area contributed by atoms with E-state index in [-0.39, 0.29) is 18.3 Å². The van der Waals surface area contributed by atoms with Gasteiger partial charge in [-0.1, -0.05) is 11.6 Å². The lowest BCUT2D eigenvalue weighted by molar-refractivity contribution is -0.116. The molecule has 1 N–H and O–H groups in total. The van der Waals surface area contributed by atoms with Gasteiger partial charge in [-0.15, -0.1) is 0 Å². The van der Waals surface area contributed by atoms with Gasteiger partial charge in [0, 0.05) is 5.69 Å². The van der Waals surface area contributed by atoms with Gasteiger partial charge in [-0.05, 0) is 31.2 Å². The molecule has 4 nitrogen and oxygen atoms in total. The third-order valence-electron chi connectivity index (χ3n) is 2.46. The largest absolute Gasteiger partial charge is 0.324 e. The molecule has 1 heterocycles. The van der Waals surface area contributed by atoms with E-state index in [1.807, 2.05) is 0 Å². The maximum Gasteiger partial charge on any atom is 0.246 e. The first-order chi connectivity index (χ1) is 8.56. The van der Waals surface area contributed by atoms with E-state index in [1.165, 1.54) is 35.1 Å². The Bertz CT molecular complexity index is 565. The van der Waals surface area contributed by atoms with E-state index in [9.17, 15) is 9.18 Å². The average molecular weight is 268 g/mol. The summed E-state index contributed by atoms with van der Waals surface area (Å²) >= 11 is 5.83. The van der Waals surface area contributed by atoms with Gasteiger partial charge in [-0.25, -0.2) is 4.39 Å². The lowest BCUT2D eigenvalue weighted by Crippen LogP contribution is -2.20. The normalized spacial score (nSPS) is 10.4. The van der Waals surface area contributed by atoms with E-state index in [2.05, 4.69) is 10.4 Å². The van der Waals surface area contributed by atoms with Crippen LogP contribution in [-0.2, 0) is 11.3 Å². The zero-order valence-electron chi connectivity index (χ0n) is 9.65. The summed E-state index contributed by atoms with van der Waals surface area (Å²) in [4.78, 5) is 11.7. The molecule has 0 unspecified atom stereocenters. The molecule has 1 aromatic carbocycles. The molecule has 1 amide bonds. The lowest BCUT2D eigenvalue weighted by atomic mass is 10.3. The highest BCUT2D eigenvalue weighted by Gasteiger charge is 2.08. The van der Waals surface area contributed by atoms with E-state index in [0.29, 0.717) is 10.7 Å². The Morgan fingerprint density at radius 3 is 2.67 bits per heavy atom. The molecule has 0 saturated carbocycles. The van der Waals surface area contributed by atoms with Gasteiger partial charge < -0.3 is 5.32 Å². The van der Waals surface area contributed by atoms with Crippen molar-refractivity contribution in [2.45, 2.75) is 13.5 Å². The fourth-order valence-electron chi connectivity index (χ4n) is 1.45. The number of nitrogens with zero attached hydrogens (tertiary/aromatic N) is 2. The molecular weight excluding hydrogens is 257 g/mol. The molecule has 2 aromatic rings. The van der Waals surface area contributed by atoms with E-state index < -0.39 is 0 Å². The number of halogens is 2. The van der Waals surface area contributed by atoms with Gasteiger partial charge in [-0.2, -0.15) is 5.10 Å². The average Bonchev–Trinajstić information content (AvgIpc) is 2.64. The molecule has 0 aliphatic heterocycles. The number of carbonyl (C=O) groups is 1. The van der Waals surface area contributed by atoms with Crippen molar-refractivity contribution in [1.82, 2.24) is 9.78 Å². The molecule has 1 aromatic heterocycles. The quantitative estimate of drug-likeness (QED) is 0.929. The summed E-state index contributed by atoms with van der Waals surface area (Å²) in [6.45, 7) is 1.84. The standard InChI is InChI=1S/C12H11ClFN3O/c1-8-11(13)6-15-17(8)7-12(18)16-10-4-2-9(14)3-5-10/h2-6H,7H2,1H3,(H,16,18). The predicted octanol–water partition coefficient (Wildman–Crippen LogP) is 2.62. The summed E-state index contributed by atoms with van der Waals surface area (Å²) in [5.74, 6) is -0.591. The van der Waals surface area contributed by atoms with E-state index >= 15 is 0 Å². The third kappa shape index (κ3) is 2.87. The van der Waals surface area contributed by atoms with Crippen LogP contribution in [0.2, 0.25) is 5.02 Å². The Morgan fingerprint density at radius 2 is 2.11 bits per heavy atom. The minimum atomic E-state index is -0.345. The summed E-state index contributed by atoms with van der Waals surface area (Å²) < 4.78 is 14.2. The van der Waals surface area contributed by atoms with Gasteiger partial charge in [0.25, 0.3) is 0 Å². The van der Waals surface area contributed by atoms with Crippen LogP contribution >= 0.6 is 11.6 Å². The summed E-state index contributed by atoms with van der Waals surface area (Å²) in [6, 6.07) is 5.56. The maximum absolute atomic E-state index is 12.7. The molecule has 0 aliphatic carbocycles. The van der Waals surface area contributed by atoms with Gasteiger partial charge in [0.05, 0.1) is 16.9 Å². The van der Waals surface area contributed by atoms with Crippen LogP contribution in [0.25, 0.3) is 0 Å². The summed E-state index contributed by atoms with van der Waals surface area (Å²) in [7, 11) is 0. The van der Waals surface area contributed by atoms with Crippen molar-refractivity contribution in [1.29, 1.82) is 0 Å². The van der Waals surface area contributed by atoms with Gasteiger partial charge in [0.2, 0.25) is 5.91 Å². The number of hydrogen-bond acceptors (Lipinski definition) is 2. The van der Waals surface area contributed by atoms with Crippen molar-refractivity contribution in [2.24, 2.45) is 0 Å². The van der Waals surface area contributed by atoms with Crippen LogP contribution in [0.5, 0.6) is 0 Å². The van der Waals surface area contributed by atoms with Crippen molar-refractivity contribution in [2.75, 3.05) is 5.32 Å². The Hall–Kier alpha value is -1.88. The maximum atomic E-state index is 12.7. The number of hydrogen-bond donors (Lipinski definition) is 1. The Labute approximate surface area is 108 Å². The first-order valence-electron chi connectivity index (χ1n) is 5.29. The minimum Gasteiger partial charge on any atom is -0.324 e. The molecule has 6 heteroatoms. The topological polar surface area (TPSA) is 46.9 Å². The molecule has 0 aliphatic rings. The van der Waals surface area contributed by atoms with Gasteiger partial charge in [-0.3, -0.25) is 9.48 Å². The zero-order chi connectivity index (χ0) is 13.1. The highest BCUT2D eigenvalue weighted by Crippen LogP contribution is 2.13. The molecule has 0 bridgehead atoms. The highest BCUT2D eigenvalue weighted by atomic mass is 35.5. The first kappa shape index (κ1) is 12.6. The first-order valence-corrected chi connectivity index (χ1v) is 5.67. The van der Waals surface area contributed by atoms with Crippen LogP contribution in [0.3, 0.4) is 0 Å². The Kier molecular flexibility index (Phi) is 3.62. The van der Waals surface area contributed by atoms with Crippen LogP contribution in [-0.4, -0.2) is 15.7 Å². The molecule has 0 fully saturated rings. The monoisotopic (exact) mass is 267 g/mol. The van der Waals surface area contributed by atoms with Crippen LogP contribution in [0.15, 0.2) is 30.5 Å². The van der Waals surface area contributed by atoms with Crippen LogP contribution < -0.4 is 5.32 Å². The number of amides is 1. The highest BCUT2D eigenvalue weighted by molar-refractivity contribution is 6.31. The molecular formula is C12H11ClFN3O.